The van der Waals surface area contributed by atoms with E-state index < -0.39 is 0 Å². The molecule has 0 radical (unpaired) electrons. The Hall–Kier alpha value is -16.2. The third kappa shape index (κ3) is 28.9. The van der Waals surface area contributed by atoms with Crippen LogP contribution >= 0.6 is 0 Å². The molecule has 0 amide bonds. The maximum absolute atomic E-state index is 12.2. The maximum Gasteiger partial charge on any atom is 0.343 e. The van der Waals surface area contributed by atoms with Gasteiger partial charge in [-0.15, -0.1) is 0 Å². The monoisotopic (exact) mass is 1740 g/mol. The van der Waals surface area contributed by atoms with Crippen LogP contribution in [0.5, 0.6) is 34.5 Å². The number of carbonyl (C=O) groups excluding carboxylic acids is 6. The fraction of sp³-hybridized carbons (Fsp3) is 0.117. The van der Waals surface area contributed by atoms with Crippen LogP contribution in [0.4, 0.5) is 0 Å². The molecule has 18 rings (SSSR count). The molecule has 18 aromatic carbocycles. The summed E-state index contributed by atoms with van der Waals surface area (Å²) in [4.78, 5) is 72.1. The fourth-order valence-electron chi connectivity index (χ4n) is 13.5. The molecule has 0 aliphatic rings. The zero-order valence-electron chi connectivity index (χ0n) is 76.8. The van der Waals surface area contributed by atoms with Gasteiger partial charge in [0.15, 0.2) is 0 Å². The van der Waals surface area contributed by atoms with Crippen molar-refractivity contribution in [1.29, 1.82) is 0 Å². The van der Waals surface area contributed by atoms with Crippen molar-refractivity contribution in [3.8, 4) is 45.6 Å². The van der Waals surface area contributed by atoms with Crippen molar-refractivity contribution in [2.75, 3.05) is 0 Å². The molecule has 0 aromatic heterocycles. The third-order valence-electron chi connectivity index (χ3n) is 21.3. The molecule has 0 aliphatic heterocycles. The van der Waals surface area contributed by atoms with Gasteiger partial charge in [-0.1, -0.05) is 321 Å². The van der Waals surface area contributed by atoms with Gasteiger partial charge in [0.05, 0.1) is 33.4 Å². The number of hydrogen-bond acceptors (Lipinski definition) is 12. The highest BCUT2D eigenvalue weighted by Gasteiger charge is 2.16. The van der Waals surface area contributed by atoms with Crippen molar-refractivity contribution in [3.05, 3.63) is 500 Å². The van der Waals surface area contributed by atoms with Crippen LogP contribution in [0.3, 0.4) is 0 Å². The summed E-state index contributed by atoms with van der Waals surface area (Å²) in [6, 6.07) is 124. The molecular formula is C120H106O12. The van der Waals surface area contributed by atoms with Gasteiger partial charge >= 0.3 is 35.8 Å². The Morgan fingerprint density at radius 1 is 0.129 bits per heavy atom. The summed E-state index contributed by atoms with van der Waals surface area (Å²) in [6.45, 7) is 28.4. The van der Waals surface area contributed by atoms with Gasteiger partial charge in [0, 0.05) is 0 Å². The van der Waals surface area contributed by atoms with E-state index in [0.29, 0.717) is 67.9 Å². The van der Waals surface area contributed by atoms with Gasteiger partial charge < -0.3 is 28.4 Å². The Bertz CT molecular complexity index is 6580. The SMILES string of the molecule is Cc1ccc(-c2ccc(C)cc2)cc1.Cc1ccc(C(=O)Oc2ccc3cc(C)ccc3c2)cc1.Cc1ccc(C(=O)Oc2ccc3cc(C)ccc3c2)cc1.Cc1ccc(OC(=O)c2ccc(C)cc2)cc1.Cc1ccc(OC(=O)c2ccc(C)cc2)cc1.Cc1ccc(OC(=O)c2ccc3cc(C)ccc3c2)cc1.Cc1ccc(OC(=O)c2ccc3cc(C)ccc3c2)cc1. The first-order chi connectivity index (χ1) is 63.5. The highest BCUT2D eigenvalue weighted by atomic mass is 16.6. The normalized spacial score (nSPS) is 10.4. The molecule has 0 saturated heterocycles. The minimum atomic E-state index is -0.332. The van der Waals surface area contributed by atoms with Gasteiger partial charge in [-0.25, -0.2) is 28.8 Å². The molecule has 0 unspecified atom stereocenters. The van der Waals surface area contributed by atoms with Gasteiger partial charge in [0.2, 0.25) is 0 Å². The predicted molar refractivity (Wildman–Crippen MR) is 535 cm³/mol. The molecule has 0 aliphatic carbocycles. The lowest BCUT2D eigenvalue weighted by molar-refractivity contribution is 0.0725. The summed E-state index contributed by atoms with van der Waals surface area (Å²) in [7, 11) is 0. The first-order valence-corrected chi connectivity index (χ1v) is 43.5. The Kier molecular flexibility index (Phi) is 33.1. The highest BCUT2D eigenvalue weighted by Crippen LogP contribution is 2.29. The van der Waals surface area contributed by atoms with E-state index in [1.165, 1.54) is 44.5 Å². The van der Waals surface area contributed by atoms with Gasteiger partial charge in [-0.2, -0.15) is 0 Å². The maximum atomic E-state index is 12.2. The molecule has 0 N–H and O–H groups in total. The number of hydrogen-bond donors (Lipinski definition) is 0. The number of aryl methyl sites for hydroxylation is 14. The van der Waals surface area contributed by atoms with E-state index in [4.69, 9.17) is 28.4 Å². The lowest BCUT2D eigenvalue weighted by Gasteiger charge is -2.06. The van der Waals surface area contributed by atoms with E-state index in [9.17, 15) is 28.8 Å². The molecule has 0 saturated carbocycles. The van der Waals surface area contributed by atoms with Crippen LogP contribution in [-0.4, -0.2) is 35.8 Å². The van der Waals surface area contributed by atoms with Crippen LogP contribution in [0.25, 0.3) is 54.2 Å². The first-order valence-electron chi connectivity index (χ1n) is 43.5. The number of ether oxygens (including phenoxy) is 6. The van der Waals surface area contributed by atoms with E-state index in [1.807, 2.05) is 262 Å². The van der Waals surface area contributed by atoms with E-state index in [-0.39, 0.29) is 35.8 Å². The zero-order chi connectivity index (χ0) is 93.7. The van der Waals surface area contributed by atoms with E-state index in [2.05, 4.69) is 114 Å². The largest absolute Gasteiger partial charge is 0.423 e. The van der Waals surface area contributed by atoms with Crippen molar-refractivity contribution in [2.24, 2.45) is 0 Å². The minimum absolute atomic E-state index is 0.325. The Balaban J connectivity index is 0.000000140. The molecule has 0 atom stereocenters. The molecule has 0 fully saturated rings. The number of rotatable bonds is 13. The Morgan fingerprint density at radius 3 is 0.485 bits per heavy atom. The average molecular weight is 1740 g/mol. The molecule has 12 nitrogen and oxygen atoms in total. The average Bonchev–Trinajstić information content (AvgIpc) is 0.823. The summed E-state index contributed by atoms with van der Waals surface area (Å²) < 4.78 is 32.2. The second kappa shape index (κ2) is 46.0. The number of fused-ring (bicyclic) bond motifs is 4. The van der Waals surface area contributed by atoms with Crippen LogP contribution < -0.4 is 28.4 Å². The fourth-order valence-corrected chi connectivity index (χ4v) is 13.5. The summed E-state index contributed by atoms with van der Waals surface area (Å²) in [5.74, 6) is 1.42. The molecular weight excluding hydrogens is 1630 g/mol. The van der Waals surface area contributed by atoms with Gasteiger partial charge in [0.1, 0.15) is 34.5 Å². The van der Waals surface area contributed by atoms with E-state index in [1.54, 1.807) is 109 Å². The topological polar surface area (TPSA) is 158 Å². The van der Waals surface area contributed by atoms with Crippen molar-refractivity contribution in [3.63, 3.8) is 0 Å². The highest BCUT2D eigenvalue weighted by molar-refractivity contribution is 5.99. The van der Waals surface area contributed by atoms with Gasteiger partial charge in [-0.3, -0.25) is 0 Å². The van der Waals surface area contributed by atoms with E-state index in [0.717, 1.165) is 87.6 Å². The number of carbonyl (C=O) groups is 6. The van der Waals surface area contributed by atoms with Crippen LogP contribution in [-0.2, 0) is 0 Å². The van der Waals surface area contributed by atoms with Crippen molar-refractivity contribution in [1.82, 2.24) is 0 Å². The zero-order valence-corrected chi connectivity index (χ0v) is 76.8. The van der Waals surface area contributed by atoms with Crippen molar-refractivity contribution >= 4 is 78.9 Å². The first kappa shape index (κ1) is 94.9. The second-order valence-corrected chi connectivity index (χ2v) is 32.9. The van der Waals surface area contributed by atoms with Gasteiger partial charge in [-0.05, 0) is 297 Å². The smallest absolute Gasteiger partial charge is 0.343 e. The molecule has 12 heteroatoms. The minimum Gasteiger partial charge on any atom is -0.423 e. The molecule has 0 bridgehead atoms. The predicted octanol–water partition coefficient (Wildman–Crippen LogP) is 29.7. The Morgan fingerprint density at radius 2 is 0.265 bits per heavy atom. The van der Waals surface area contributed by atoms with E-state index >= 15 is 0 Å². The second-order valence-electron chi connectivity index (χ2n) is 32.9. The lowest BCUT2D eigenvalue weighted by atomic mass is 10.0. The van der Waals surface area contributed by atoms with Crippen LogP contribution in [0.2, 0.25) is 0 Å². The van der Waals surface area contributed by atoms with Gasteiger partial charge in [0.25, 0.3) is 0 Å². The van der Waals surface area contributed by atoms with Crippen LogP contribution in [0.1, 0.15) is 140 Å². The molecule has 18 aromatic rings. The molecule has 0 spiro atoms. The molecule has 658 valence electrons. The quantitative estimate of drug-likeness (QED) is 0.0796. The van der Waals surface area contributed by atoms with Crippen molar-refractivity contribution in [2.45, 2.75) is 96.9 Å². The summed E-state index contributed by atoms with van der Waals surface area (Å²) in [5, 5.41) is 8.75. The standard InChI is InChI=1S/4C19H16O2.2C15H14O2.C14H14/c2*1-13-4-9-18(10-5-13)21-19(20)17-8-7-15-11-14(2)3-6-16(15)12-17;2*1-13-3-6-15(7-4-13)19(20)21-18-10-9-16-11-14(2)5-8-17(16)12-18;2*1-11-3-7-13(8-4-11)15(16)17-14-9-5-12(2)6-10-14;1-11-3-7-13(8-4-11)14-9-5-12(2)6-10-14/h4*3-12H,1-2H3;2*3-10H,1-2H3;3-10H,1-2H3. The summed E-state index contributed by atoms with van der Waals surface area (Å²) in [6.07, 6.45) is 0. The molecule has 0 heterocycles. The number of benzene rings is 18. The van der Waals surface area contributed by atoms with Crippen molar-refractivity contribution < 1.29 is 57.2 Å². The number of esters is 6. The summed E-state index contributed by atoms with van der Waals surface area (Å²) in [5.41, 5.74) is 22.4. The van der Waals surface area contributed by atoms with Crippen LogP contribution in [0, 0.1) is 96.9 Å². The third-order valence-corrected chi connectivity index (χ3v) is 21.3. The Labute approximate surface area is 773 Å². The lowest BCUT2D eigenvalue weighted by Crippen LogP contribution is -2.08. The molecule has 132 heavy (non-hydrogen) atoms. The van der Waals surface area contributed by atoms with Crippen LogP contribution in [0.15, 0.2) is 388 Å². The summed E-state index contributed by atoms with van der Waals surface area (Å²) >= 11 is 0.